The first-order chi connectivity index (χ1) is 12.8. The molecule has 146 valence electrons. The highest BCUT2D eigenvalue weighted by atomic mass is 16.5. The van der Waals surface area contributed by atoms with Gasteiger partial charge in [-0.15, -0.1) is 0 Å². The Balaban J connectivity index is 1.75. The van der Waals surface area contributed by atoms with E-state index in [1.54, 1.807) is 7.11 Å². The topological polar surface area (TPSA) is 67.4 Å². The standard InChI is InChI=1S/C19H32N4O3/c1-3-20-19(21-8-9-23-10-12-25-13-11-23)22-16-17-4-6-18(7-5-17)26-15-14-24-2/h4-7H,3,8-16H2,1-2H3,(H2,20,21,22). The Bertz CT molecular complexity index is 516. The van der Waals surface area contributed by atoms with E-state index in [0.29, 0.717) is 19.8 Å². The predicted molar refractivity (Wildman–Crippen MR) is 104 cm³/mol. The van der Waals surface area contributed by atoms with Crippen LogP contribution in [-0.2, 0) is 16.0 Å². The second-order valence-corrected chi connectivity index (χ2v) is 6.06. The lowest BCUT2D eigenvalue weighted by Crippen LogP contribution is -2.44. The first-order valence-corrected chi connectivity index (χ1v) is 9.34. The summed E-state index contributed by atoms with van der Waals surface area (Å²) in [5.74, 6) is 1.70. The van der Waals surface area contributed by atoms with Crippen LogP contribution in [0.5, 0.6) is 5.75 Å². The van der Waals surface area contributed by atoms with Gasteiger partial charge in [-0.05, 0) is 24.6 Å². The van der Waals surface area contributed by atoms with E-state index in [9.17, 15) is 0 Å². The molecule has 0 saturated carbocycles. The molecule has 1 saturated heterocycles. The van der Waals surface area contributed by atoms with E-state index >= 15 is 0 Å². The number of nitrogens with one attached hydrogen (secondary N) is 2. The summed E-state index contributed by atoms with van der Waals surface area (Å²) >= 11 is 0. The Morgan fingerprint density at radius 2 is 1.92 bits per heavy atom. The second-order valence-electron chi connectivity index (χ2n) is 6.06. The number of nitrogens with zero attached hydrogens (tertiary/aromatic N) is 2. The molecule has 7 heteroatoms. The van der Waals surface area contributed by atoms with Crippen LogP contribution in [0, 0.1) is 0 Å². The van der Waals surface area contributed by atoms with Crippen LogP contribution in [0.4, 0.5) is 0 Å². The summed E-state index contributed by atoms with van der Waals surface area (Å²) in [6.07, 6.45) is 0. The van der Waals surface area contributed by atoms with Crippen molar-refractivity contribution < 1.29 is 14.2 Å². The lowest BCUT2D eigenvalue weighted by atomic mass is 10.2. The highest BCUT2D eigenvalue weighted by Crippen LogP contribution is 2.12. The monoisotopic (exact) mass is 364 g/mol. The lowest BCUT2D eigenvalue weighted by molar-refractivity contribution is 0.0389. The van der Waals surface area contributed by atoms with Gasteiger partial charge in [-0.25, -0.2) is 4.99 Å². The number of benzene rings is 1. The summed E-state index contributed by atoms with van der Waals surface area (Å²) in [6.45, 7) is 10.3. The molecule has 7 nitrogen and oxygen atoms in total. The second kappa shape index (κ2) is 12.5. The third-order valence-corrected chi connectivity index (χ3v) is 4.07. The van der Waals surface area contributed by atoms with Crippen LogP contribution in [0.3, 0.4) is 0 Å². The molecule has 0 aromatic heterocycles. The molecule has 0 unspecified atom stereocenters. The van der Waals surface area contributed by atoms with Crippen LogP contribution >= 0.6 is 0 Å². The number of hydrogen-bond acceptors (Lipinski definition) is 5. The summed E-state index contributed by atoms with van der Waals surface area (Å²) in [5, 5.41) is 6.70. The SMILES string of the molecule is CCNC(=NCc1ccc(OCCOC)cc1)NCCN1CCOCC1. The van der Waals surface area contributed by atoms with E-state index in [1.165, 1.54) is 0 Å². The largest absolute Gasteiger partial charge is 0.491 e. The number of methoxy groups -OCH3 is 1. The maximum atomic E-state index is 5.58. The van der Waals surface area contributed by atoms with E-state index in [1.807, 2.05) is 24.3 Å². The molecule has 0 aliphatic carbocycles. The number of guanidine groups is 1. The summed E-state index contributed by atoms with van der Waals surface area (Å²) < 4.78 is 15.9. The lowest BCUT2D eigenvalue weighted by Gasteiger charge is -2.26. The van der Waals surface area contributed by atoms with Gasteiger partial charge in [-0.2, -0.15) is 0 Å². The predicted octanol–water partition coefficient (Wildman–Crippen LogP) is 1.10. The molecule has 0 bridgehead atoms. The Morgan fingerprint density at radius 3 is 2.62 bits per heavy atom. The summed E-state index contributed by atoms with van der Waals surface area (Å²) in [5.41, 5.74) is 1.15. The molecule has 26 heavy (non-hydrogen) atoms. The van der Waals surface area contributed by atoms with Gasteiger partial charge in [0, 0.05) is 39.8 Å². The molecule has 1 aliphatic heterocycles. The van der Waals surface area contributed by atoms with Gasteiger partial charge in [-0.1, -0.05) is 12.1 Å². The quantitative estimate of drug-likeness (QED) is 0.368. The minimum Gasteiger partial charge on any atom is -0.491 e. The summed E-state index contributed by atoms with van der Waals surface area (Å²) in [7, 11) is 1.67. The highest BCUT2D eigenvalue weighted by molar-refractivity contribution is 5.79. The van der Waals surface area contributed by atoms with Crippen molar-refractivity contribution in [2.45, 2.75) is 13.5 Å². The van der Waals surface area contributed by atoms with E-state index in [-0.39, 0.29) is 0 Å². The van der Waals surface area contributed by atoms with Crippen molar-refractivity contribution in [1.82, 2.24) is 15.5 Å². The number of morpholine rings is 1. The van der Waals surface area contributed by atoms with Crippen molar-refractivity contribution in [3.8, 4) is 5.75 Å². The summed E-state index contributed by atoms with van der Waals surface area (Å²) in [6, 6.07) is 8.03. The fourth-order valence-electron chi connectivity index (χ4n) is 2.60. The fourth-order valence-corrected chi connectivity index (χ4v) is 2.60. The number of hydrogen-bond donors (Lipinski definition) is 2. The Kier molecular flexibility index (Phi) is 9.86. The maximum Gasteiger partial charge on any atom is 0.191 e. The van der Waals surface area contributed by atoms with Gasteiger partial charge in [0.15, 0.2) is 5.96 Å². The third-order valence-electron chi connectivity index (χ3n) is 4.07. The first kappa shape index (κ1) is 20.5. The maximum absolute atomic E-state index is 5.58. The zero-order chi connectivity index (χ0) is 18.5. The zero-order valence-corrected chi connectivity index (χ0v) is 16.0. The molecule has 1 heterocycles. The molecule has 0 radical (unpaired) electrons. The molecule has 0 atom stereocenters. The molecule has 1 aliphatic rings. The highest BCUT2D eigenvalue weighted by Gasteiger charge is 2.09. The van der Waals surface area contributed by atoms with Crippen LogP contribution in [0.2, 0.25) is 0 Å². The van der Waals surface area contributed by atoms with Gasteiger partial charge in [0.1, 0.15) is 12.4 Å². The molecule has 2 N–H and O–H groups in total. The van der Waals surface area contributed by atoms with Gasteiger partial charge < -0.3 is 24.8 Å². The van der Waals surface area contributed by atoms with Gasteiger partial charge in [0.05, 0.1) is 26.4 Å². The van der Waals surface area contributed by atoms with Crippen molar-refractivity contribution in [3.05, 3.63) is 29.8 Å². The van der Waals surface area contributed by atoms with Crippen LogP contribution in [0.1, 0.15) is 12.5 Å². The van der Waals surface area contributed by atoms with E-state index < -0.39 is 0 Å². The van der Waals surface area contributed by atoms with Gasteiger partial charge in [-0.3, -0.25) is 4.90 Å². The zero-order valence-electron chi connectivity index (χ0n) is 16.0. The van der Waals surface area contributed by atoms with Crippen LogP contribution in [-0.4, -0.2) is 77.1 Å². The number of rotatable bonds is 10. The van der Waals surface area contributed by atoms with Crippen molar-refractivity contribution in [1.29, 1.82) is 0 Å². The molecule has 1 aromatic rings. The number of ether oxygens (including phenoxy) is 3. The van der Waals surface area contributed by atoms with Gasteiger partial charge in [0.25, 0.3) is 0 Å². The third kappa shape index (κ3) is 8.03. The normalized spacial score (nSPS) is 15.7. The van der Waals surface area contributed by atoms with Gasteiger partial charge >= 0.3 is 0 Å². The Hall–Kier alpha value is -1.83. The number of aliphatic imine (C=N–C) groups is 1. The van der Waals surface area contributed by atoms with E-state index in [0.717, 1.165) is 63.2 Å². The van der Waals surface area contributed by atoms with Crippen molar-refractivity contribution in [3.63, 3.8) is 0 Å². The molecule has 0 spiro atoms. The Labute approximate surface area is 156 Å². The first-order valence-electron chi connectivity index (χ1n) is 9.34. The van der Waals surface area contributed by atoms with Crippen molar-refractivity contribution in [2.24, 2.45) is 4.99 Å². The Morgan fingerprint density at radius 1 is 1.15 bits per heavy atom. The summed E-state index contributed by atoms with van der Waals surface area (Å²) in [4.78, 5) is 7.07. The van der Waals surface area contributed by atoms with E-state index in [4.69, 9.17) is 14.2 Å². The van der Waals surface area contributed by atoms with Gasteiger partial charge in [0.2, 0.25) is 0 Å². The molecule has 1 fully saturated rings. The van der Waals surface area contributed by atoms with Crippen LogP contribution in [0.15, 0.2) is 29.3 Å². The van der Waals surface area contributed by atoms with E-state index in [2.05, 4.69) is 27.4 Å². The molecule has 1 aromatic carbocycles. The van der Waals surface area contributed by atoms with Crippen molar-refractivity contribution >= 4 is 5.96 Å². The minimum atomic E-state index is 0.561. The minimum absolute atomic E-state index is 0.561. The van der Waals surface area contributed by atoms with Crippen LogP contribution in [0.25, 0.3) is 0 Å². The fraction of sp³-hybridized carbons (Fsp3) is 0.632. The van der Waals surface area contributed by atoms with Crippen LogP contribution < -0.4 is 15.4 Å². The van der Waals surface area contributed by atoms with Crippen molar-refractivity contribution in [2.75, 3.05) is 66.3 Å². The molecule has 2 rings (SSSR count). The molecule has 0 amide bonds. The molecular formula is C19H32N4O3. The average Bonchev–Trinajstić information content (AvgIpc) is 2.68. The molecular weight excluding hydrogens is 332 g/mol. The smallest absolute Gasteiger partial charge is 0.191 e. The average molecular weight is 364 g/mol.